The first-order valence-corrected chi connectivity index (χ1v) is 14.5. The molecule has 3 aliphatic rings. The number of benzene rings is 1. The molecule has 3 heterocycles. The molecule has 1 amide bonds. The molecule has 1 unspecified atom stereocenters. The van der Waals surface area contributed by atoms with Crippen LogP contribution >= 0.6 is 0 Å². The molecule has 1 aliphatic heterocycles. The summed E-state index contributed by atoms with van der Waals surface area (Å²) in [6.45, 7) is 11.8. The van der Waals surface area contributed by atoms with Crippen LogP contribution in [0.4, 0.5) is 5.95 Å². The second-order valence-electron chi connectivity index (χ2n) is 12.4. The van der Waals surface area contributed by atoms with Crippen molar-refractivity contribution >= 4 is 22.9 Å². The van der Waals surface area contributed by atoms with Crippen molar-refractivity contribution in [1.29, 1.82) is 0 Å². The third-order valence-corrected chi connectivity index (χ3v) is 8.89. The fourth-order valence-electron chi connectivity index (χ4n) is 6.57. The Kier molecular flexibility index (Phi) is 6.94. The molecule has 2 aromatic heterocycles. The molecule has 3 aromatic rings. The number of nitrogens with zero attached hydrogens (tertiary/aromatic N) is 5. The third-order valence-electron chi connectivity index (χ3n) is 8.89. The van der Waals surface area contributed by atoms with Crippen molar-refractivity contribution in [3.8, 4) is 0 Å². The van der Waals surface area contributed by atoms with Crippen molar-refractivity contribution in [3.05, 3.63) is 70.9 Å². The largest absolute Gasteiger partial charge is 0.350 e. The first-order chi connectivity index (χ1) is 19.2. The zero-order chi connectivity index (χ0) is 28.0. The van der Waals surface area contributed by atoms with Gasteiger partial charge in [-0.25, -0.2) is 14.8 Å². The molecule has 2 N–H and O–H groups in total. The van der Waals surface area contributed by atoms with Gasteiger partial charge < -0.3 is 10.6 Å². The average molecular weight is 542 g/mol. The average Bonchev–Trinajstić information content (AvgIpc) is 3.72. The van der Waals surface area contributed by atoms with Gasteiger partial charge >= 0.3 is 5.69 Å². The number of likely N-dealkylation sites (tertiary alicyclic amines) is 1. The van der Waals surface area contributed by atoms with Gasteiger partial charge in [0.2, 0.25) is 11.9 Å². The Bertz CT molecular complexity index is 1460. The maximum atomic E-state index is 12.3. The topological polar surface area (TPSA) is 105 Å². The molecule has 2 atom stereocenters. The first-order valence-electron chi connectivity index (χ1n) is 14.5. The van der Waals surface area contributed by atoms with Crippen LogP contribution in [0.3, 0.4) is 0 Å². The molecule has 1 saturated heterocycles. The van der Waals surface area contributed by atoms with Crippen molar-refractivity contribution in [3.63, 3.8) is 0 Å². The Labute approximate surface area is 235 Å². The highest BCUT2D eigenvalue weighted by Crippen LogP contribution is 2.52. The molecule has 6 rings (SSSR count). The van der Waals surface area contributed by atoms with Gasteiger partial charge in [-0.15, -0.1) is 0 Å². The summed E-state index contributed by atoms with van der Waals surface area (Å²) in [4.78, 5) is 39.7. The van der Waals surface area contributed by atoms with Gasteiger partial charge in [0.15, 0.2) is 5.65 Å². The summed E-state index contributed by atoms with van der Waals surface area (Å²) in [5, 5.41) is 7.21. The molecule has 2 saturated carbocycles. The number of carbonyl (C=O) groups is 1. The van der Waals surface area contributed by atoms with Crippen LogP contribution in [-0.2, 0) is 4.79 Å². The van der Waals surface area contributed by atoms with Crippen LogP contribution in [0.25, 0.3) is 11.0 Å². The highest BCUT2D eigenvalue weighted by molar-refractivity contribution is 5.87. The van der Waals surface area contributed by atoms with Crippen LogP contribution in [0, 0.1) is 11.3 Å². The monoisotopic (exact) mass is 541 g/mol. The molecule has 210 valence electrons. The normalized spacial score (nSPS) is 20.1. The highest BCUT2D eigenvalue weighted by Gasteiger charge is 2.54. The summed E-state index contributed by atoms with van der Waals surface area (Å²) in [7, 11) is 0. The molecule has 0 radical (unpaired) electrons. The van der Waals surface area contributed by atoms with E-state index in [0.29, 0.717) is 29.1 Å². The number of hydrogen-bond acceptors (Lipinski definition) is 7. The number of fused-ring (bicyclic) bond motifs is 1. The lowest BCUT2D eigenvalue weighted by atomic mass is 9.60. The Morgan fingerprint density at radius 2 is 1.77 bits per heavy atom. The van der Waals surface area contributed by atoms with Gasteiger partial charge in [-0.3, -0.25) is 14.3 Å². The van der Waals surface area contributed by atoms with E-state index < -0.39 is 0 Å². The van der Waals surface area contributed by atoms with Crippen molar-refractivity contribution in [1.82, 2.24) is 29.7 Å². The molecule has 3 fully saturated rings. The Morgan fingerprint density at radius 1 is 1.10 bits per heavy atom. The Balaban J connectivity index is 1.12. The zero-order valence-corrected chi connectivity index (χ0v) is 23.6. The summed E-state index contributed by atoms with van der Waals surface area (Å²) in [5.41, 5.74) is 3.19. The van der Waals surface area contributed by atoms with E-state index in [2.05, 4.69) is 68.3 Å². The maximum absolute atomic E-state index is 12.3. The minimum atomic E-state index is -0.304. The van der Waals surface area contributed by atoms with E-state index in [0.717, 1.165) is 42.8 Å². The Morgan fingerprint density at radius 3 is 2.42 bits per heavy atom. The second kappa shape index (κ2) is 10.4. The Hall–Kier alpha value is -3.59. The second-order valence-corrected chi connectivity index (χ2v) is 12.4. The number of nitrogens with one attached hydrogen (secondary N) is 2. The van der Waals surface area contributed by atoms with E-state index >= 15 is 0 Å². The SMILES string of the molecule is C=CC(=O)NC1CC2(C1)CN(C(CC1CC1)c1ccc([C@H](C)Nc3ncc4cnc(=O)n(C(C)C)c4n3)cc1)C2. The van der Waals surface area contributed by atoms with Crippen molar-refractivity contribution < 1.29 is 4.79 Å². The van der Waals surface area contributed by atoms with Gasteiger partial charge in [-0.05, 0) is 68.6 Å². The summed E-state index contributed by atoms with van der Waals surface area (Å²) in [6.07, 6.45) is 10.7. The number of hydrogen-bond donors (Lipinski definition) is 2. The molecular formula is C31H39N7O2. The molecule has 9 nitrogen and oxygen atoms in total. The van der Waals surface area contributed by atoms with Crippen molar-refractivity contribution in [2.45, 2.75) is 77.0 Å². The zero-order valence-electron chi connectivity index (χ0n) is 23.6. The predicted molar refractivity (Wildman–Crippen MR) is 156 cm³/mol. The number of aromatic nitrogens is 4. The molecule has 40 heavy (non-hydrogen) atoms. The van der Waals surface area contributed by atoms with E-state index in [9.17, 15) is 9.59 Å². The third kappa shape index (κ3) is 5.27. The van der Waals surface area contributed by atoms with Crippen LogP contribution in [0.1, 0.15) is 82.1 Å². The van der Waals surface area contributed by atoms with E-state index in [1.165, 1.54) is 37.1 Å². The van der Waals surface area contributed by atoms with Gasteiger partial charge in [-0.1, -0.05) is 43.7 Å². The summed E-state index contributed by atoms with van der Waals surface area (Å²) >= 11 is 0. The van der Waals surface area contributed by atoms with Gasteiger partial charge in [0.25, 0.3) is 0 Å². The number of rotatable bonds is 10. The quantitative estimate of drug-likeness (QED) is 0.363. The number of carbonyl (C=O) groups excluding carboxylic acids is 1. The number of anilines is 1. The summed E-state index contributed by atoms with van der Waals surface area (Å²) in [5.74, 6) is 1.27. The predicted octanol–water partition coefficient (Wildman–Crippen LogP) is 4.55. The standard InChI is InChI=1S/C31H39N7O2/c1-5-27(39)35-25-13-31(14-25)17-37(18-31)26(12-21-6-7-21)23-10-8-22(9-11-23)20(4)34-29-32-15-24-16-33-30(40)38(19(2)3)28(24)36-29/h5,8-11,15-16,19-21,25-26H,1,6-7,12-14,17-18H2,2-4H3,(H,35,39)(H,32,34,36)/t20-,26?/m0/s1. The lowest BCUT2D eigenvalue weighted by Crippen LogP contribution is -2.66. The first kappa shape index (κ1) is 26.6. The van der Waals surface area contributed by atoms with E-state index in [1.807, 2.05) is 13.8 Å². The minimum absolute atomic E-state index is 0.000551. The summed E-state index contributed by atoms with van der Waals surface area (Å²) in [6, 6.07) is 9.67. The van der Waals surface area contributed by atoms with Crippen molar-refractivity contribution in [2.75, 3.05) is 18.4 Å². The van der Waals surface area contributed by atoms with Crippen LogP contribution in [0.5, 0.6) is 0 Å². The fourth-order valence-corrected chi connectivity index (χ4v) is 6.57. The maximum Gasteiger partial charge on any atom is 0.349 e. The van der Waals surface area contributed by atoms with E-state index in [4.69, 9.17) is 0 Å². The van der Waals surface area contributed by atoms with Gasteiger partial charge in [0.1, 0.15) is 0 Å². The lowest BCUT2D eigenvalue weighted by molar-refractivity contribution is -0.126. The van der Waals surface area contributed by atoms with Gasteiger partial charge in [-0.2, -0.15) is 4.98 Å². The molecule has 2 aliphatic carbocycles. The van der Waals surface area contributed by atoms with Gasteiger partial charge in [0, 0.05) is 43.6 Å². The van der Waals surface area contributed by atoms with Crippen LogP contribution < -0.4 is 16.3 Å². The fraction of sp³-hybridized carbons (Fsp3) is 0.516. The number of amides is 1. The molecular weight excluding hydrogens is 502 g/mol. The van der Waals surface area contributed by atoms with Crippen LogP contribution in [-0.4, -0.2) is 49.5 Å². The van der Waals surface area contributed by atoms with E-state index in [1.54, 1.807) is 10.8 Å². The van der Waals surface area contributed by atoms with Crippen LogP contribution in [0.2, 0.25) is 0 Å². The minimum Gasteiger partial charge on any atom is -0.350 e. The molecule has 1 aromatic carbocycles. The molecule has 0 bridgehead atoms. The summed E-state index contributed by atoms with van der Waals surface area (Å²) < 4.78 is 1.60. The highest BCUT2D eigenvalue weighted by atomic mass is 16.2. The van der Waals surface area contributed by atoms with Crippen LogP contribution in [0.15, 0.2) is 54.1 Å². The smallest absolute Gasteiger partial charge is 0.349 e. The lowest BCUT2D eigenvalue weighted by Gasteiger charge is -2.61. The molecule has 1 spiro atoms. The van der Waals surface area contributed by atoms with Gasteiger partial charge in [0.05, 0.1) is 11.4 Å². The van der Waals surface area contributed by atoms with Crippen molar-refractivity contribution in [2.24, 2.45) is 11.3 Å². The molecule has 9 heteroatoms. The van der Waals surface area contributed by atoms with E-state index in [-0.39, 0.29) is 23.7 Å².